The van der Waals surface area contributed by atoms with Crippen LogP contribution in [0.4, 0.5) is 0 Å². The molecule has 1 heterocycles. The van der Waals surface area contributed by atoms with Gasteiger partial charge >= 0.3 is 0 Å². The first-order valence-corrected chi connectivity index (χ1v) is 5.20. The van der Waals surface area contributed by atoms with E-state index < -0.39 is 0 Å². The normalized spacial score (nSPS) is 44.8. The molecule has 3 aliphatic carbocycles. The topological polar surface area (TPSA) is 37.4 Å². The van der Waals surface area contributed by atoms with Crippen LogP contribution < -0.4 is 0 Å². The Morgan fingerprint density at radius 2 is 1.50 bits per heavy atom. The van der Waals surface area contributed by atoms with E-state index in [4.69, 9.17) is 0 Å². The summed E-state index contributed by atoms with van der Waals surface area (Å²) < 4.78 is 0. The van der Waals surface area contributed by atoms with E-state index in [1.807, 2.05) is 0 Å². The second-order valence-corrected chi connectivity index (χ2v) is 4.58. The molecule has 2 bridgehead atoms. The van der Waals surface area contributed by atoms with Gasteiger partial charge in [-0.15, -0.1) is 0 Å². The van der Waals surface area contributed by atoms with Crippen LogP contribution in [0.3, 0.4) is 0 Å². The van der Waals surface area contributed by atoms with Crippen molar-refractivity contribution in [2.45, 2.75) is 12.8 Å². The van der Waals surface area contributed by atoms with Crippen molar-refractivity contribution in [3.05, 3.63) is 12.2 Å². The van der Waals surface area contributed by atoms with E-state index in [1.165, 1.54) is 4.90 Å². The van der Waals surface area contributed by atoms with Crippen molar-refractivity contribution in [3.63, 3.8) is 0 Å². The summed E-state index contributed by atoms with van der Waals surface area (Å²) in [6, 6.07) is 0. The molecule has 1 saturated carbocycles. The first kappa shape index (κ1) is 8.21. The SMILES string of the molecule is CN1C(=O)C2C3C=CC(CC3)C2C1=O. The van der Waals surface area contributed by atoms with Crippen molar-refractivity contribution >= 4 is 11.8 Å². The maximum atomic E-state index is 11.8. The van der Waals surface area contributed by atoms with Crippen molar-refractivity contribution in [3.8, 4) is 0 Å². The Bertz CT molecular complexity index is 315. The van der Waals surface area contributed by atoms with E-state index in [0.29, 0.717) is 11.8 Å². The molecule has 1 aliphatic heterocycles. The van der Waals surface area contributed by atoms with Gasteiger partial charge in [-0.25, -0.2) is 0 Å². The third-order valence-electron chi connectivity index (χ3n) is 3.98. The van der Waals surface area contributed by atoms with Crippen molar-refractivity contribution in [2.24, 2.45) is 23.7 Å². The third-order valence-corrected chi connectivity index (χ3v) is 3.98. The summed E-state index contributed by atoms with van der Waals surface area (Å²) in [5.41, 5.74) is 0. The summed E-state index contributed by atoms with van der Waals surface area (Å²) in [7, 11) is 1.61. The van der Waals surface area contributed by atoms with Gasteiger partial charge < -0.3 is 0 Å². The molecule has 2 amide bonds. The van der Waals surface area contributed by atoms with Crippen molar-refractivity contribution in [1.29, 1.82) is 0 Å². The van der Waals surface area contributed by atoms with Gasteiger partial charge in [0.1, 0.15) is 0 Å². The predicted octanol–water partition coefficient (Wildman–Crippen LogP) is 0.813. The molecule has 14 heavy (non-hydrogen) atoms. The average Bonchev–Trinajstić information content (AvgIpc) is 2.47. The fourth-order valence-corrected chi connectivity index (χ4v) is 3.22. The molecule has 0 radical (unpaired) electrons. The second-order valence-electron chi connectivity index (χ2n) is 4.58. The Hall–Kier alpha value is -1.12. The van der Waals surface area contributed by atoms with E-state index in [0.717, 1.165) is 12.8 Å². The van der Waals surface area contributed by atoms with Crippen molar-refractivity contribution in [1.82, 2.24) is 4.90 Å². The Kier molecular flexibility index (Phi) is 1.45. The smallest absolute Gasteiger partial charge is 0.233 e. The van der Waals surface area contributed by atoms with Crippen LogP contribution in [-0.2, 0) is 9.59 Å². The monoisotopic (exact) mass is 191 g/mol. The molecule has 0 N–H and O–H groups in total. The molecule has 4 unspecified atom stereocenters. The van der Waals surface area contributed by atoms with Crippen LogP contribution >= 0.6 is 0 Å². The molecule has 74 valence electrons. The molecular formula is C11H13NO2. The highest BCUT2D eigenvalue weighted by Gasteiger charge is 2.55. The van der Waals surface area contributed by atoms with Crippen LogP contribution in [0, 0.1) is 23.7 Å². The van der Waals surface area contributed by atoms with Crippen LogP contribution in [0.5, 0.6) is 0 Å². The predicted molar refractivity (Wildman–Crippen MR) is 50.1 cm³/mol. The molecule has 4 atom stereocenters. The highest BCUT2D eigenvalue weighted by molar-refractivity contribution is 6.05. The summed E-state index contributed by atoms with van der Waals surface area (Å²) in [6.07, 6.45) is 6.43. The Balaban J connectivity index is 2.07. The first-order chi connectivity index (χ1) is 6.70. The number of carbonyl (C=O) groups is 2. The number of imide groups is 1. The van der Waals surface area contributed by atoms with Gasteiger partial charge in [0.2, 0.25) is 11.8 Å². The van der Waals surface area contributed by atoms with Crippen LogP contribution in [0.1, 0.15) is 12.8 Å². The van der Waals surface area contributed by atoms with Gasteiger partial charge in [-0.1, -0.05) is 12.2 Å². The first-order valence-electron chi connectivity index (χ1n) is 5.20. The lowest BCUT2D eigenvalue weighted by Gasteiger charge is -2.38. The van der Waals surface area contributed by atoms with E-state index >= 15 is 0 Å². The largest absolute Gasteiger partial charge is 0.285 e. The number of carbonyl (C=O) groups excluding carboxylic acids is 2. The minimum atomic E-state index is -0.0313. The highest BCUT2D eigenvalue weighted by Crippen LogP contribution is 2.49. The van der Waals surface area contributed by atoms with Crippen LogP contribution in [0.15, 0.2) is 12.2 Å². The molecule has 2 fully saturated rings. The number of hydrogen-bond acceptors (Lipinski definition) is 2. The van der Waals surface area contributed by atoms with Gasteiger partial charge in [-0.05, 0) is 24.7 Å². The second kappa shape index (κ2) is 2.47. The number of allylic oxidation sites excluding steroid dienone is 2. The van der Waals surface area contributed by atoms with Crippen LogP contribution in [-0.4, -0.2) is 23.8 Å². The zero-order valence-corrected chi connectivity index (χ0v) is 8.14. The average molecular weight is 191 g/mol. The summed E-state index contributed by atoms with van der Waals surface area (Å²) in [4.78, 5) is 24.9. The summed E-state index contributed by atoms with van der Waals surface area (Å²) in [5.74, 6) is 0.670. The number of nitrogens with zero attached hydrogens (tertiary/aromatic N) is 1. The van der Waals surface area contributed by atoms with E-state index in [2.05, 4.69) is 12.2 Å². The van der Waals surface area contributed by atoms with Crippen molar-refractivity contribution < 1.29 is 9.59 Å². The lowest BCUT2D eigenvalue weighted by molar-refractivity contribution is -0.138. The fraction of sp³-hybridized carbons (Fsp3) is 0.636. The molecular weight excluding hydrogens is 178 g/mol. The Labute approximate surface area is 82.8 Å². The molecule has 3 heteroatoms. The molecule has 0 aromatic carbocycles. The van der Waals surface area contributed by atoms with Gasteiger partial charge in [-0.3, -0.25) is 14.5 Å². The van der Waals surface area contributed by atoms with Gasteiger partial charge in [0, 0.05) is 7.05 Å². The standard InChI is InChI=1S/C11H13NO2/c1-12-10(13)8-6-2-3-7(5-4-6)9(8)11(12)14/h2-3,6-9H,4-5H2,1H3. The Morgan fingerprint density at radius 1 is 1.07 bits per heavy atom. The van der Waals surface area contributed by atoms with Crippen LogP contribution in [0.2, 0.25) is 0 Å². The van der Waals surface area contributed by atoms with Gasteiger partial charge in [0.25, 0.3) is 0 Å². The molecule has 4 aliphatic rings. The zero-order valence-electron chi connectivity index (χ0n) is 8.14. The number of likely N-dealkylation sites (tertiary alicyclic amines) is 1. The lowest BCUT2D eigenvalue weighted by Crippen LogP contribution is -2.38. The molecule has 0 aromatic heterocycles. The number of hydrogen-bond donors (Lipinski definition) is 0. The maximum Gasteiger partial charge on any atom is 0.233 e. The van der Waals surface area contributed by atoms with Gasteiger partial charge in [0.15, 0.2) is 0 Å². The Morgan fingerprint density at radius 3 is 1.86 bits per heavy atom. The minimum Gasteiger partial charge on any atom is -0.285 e. The number of fused-ring (bicyclic) bond motifs is 1. The van der Waals surface area contributed by atoms with Crippen molar-refractivity contribution in [2.75, 3.05) is 7.05 Å². The summed E-state index contributed by atoms with van der Waals surface area (Å²) >= 11 is 0. The maximum absolute atomic E-state index is 11.8. The molecule has 0 spiro atoms. The van der Waals surface area contributed by atoms with E-state index in [1.54, 1.807) is 7.05 Å². The van der Waals surface area contributed by atoms with Gasteiger partial charge in [0.05, 0.1) is 11.8 Å². The fourth-order valence-electron chi connectivity index (χ4n) is 3.22. The molecule has 3 nitrogen and oxygen atoms in total. The summed E-state index contributed by atoms with van der Waals surface area (Å²) in [5, 5.41) is 0. The van der Waals surface area contributed by atoms with Gasteiger partial charge in [-0.2, -0.15) is 0 Å². The quantitative estimate of drug-likeness (QED) is 0.420. The van der Waals surface area contributed by atoms with E-state index in [-0.39, 0.29) is 23.7 Å². The molecule has 4 rings (SSSR count). The number of rotatable bonds is 0. The van der Waals surface area contributed by atoms with E-state index in [9.17, 15) is 9.59 Å². The number of amides is 2. The third kappa shape index (κ3) is 0.781. The minimum absolute atomic E-state index is 0.0312. The molecule has 0 aromatic rings. The van der Waals surface area contributed by atoms with Crippen LogP contribution in [0.25, 0.3) is 0 Å². The molecule has 1 saturated heterocycles. The lowest BCUT2D eigenvalue weighted by atomic mass is 9.63. The summed E-state index contributed by atoms with van der Waals surface area (Å²) in [6.45, 7) is 0. The highest BCUT2D eigenvalue weighted by atomic mass is 16.2. The zero-order chi connectivity index (χ0) is 9.87.